The minimum Gasteiger partial charge on any atom is -0.325 e. The summed E-state index contributed by atoms with van der Waals surface area (Å²) in [5.74, 6) is 0.815. The number of hydrogen-bond acceptors (Lipinski definition) is 5. The highest BCUT2D eigenvalue weighted by molar-refractivity contribution is 7.99. The van der Waals surface area contributed by atoms with Crippen LogP contribution in [0, 0.1) is 0 Å². The predicted molar refractivity (Wildman–Crippen MR) is 108 cm³/mol. The lowest BCUT2D eigenvalue weighted by Gasteiger charge is -2.08. The molecule has 0 saturated heterocycles. The molecule has 1 aromatic carbocycles. The van der Waals surface area contributed by atoms with Crippen molar-refractivity contribution in [3.05, 3.63) is 59.7 Å². The molecule has 6 nitrogen and oxygen atoms in total. The Morgan fingerprint density at radius 2 is 2.15 bits per heavy atom. The van der Waals surface area contributed by atoms with Crippen LogP contribution in [-0.4, -0.2) is 31.4 Å². The van der Waals surface area contributed by atoms with Crippen LogP contribution in [0.1, 0.15) is 10.5 Å². The van der Waals surface area contributed by atoms with Crippen LogP contribution < -0.4 is 5.32 Å². The maximum Gasteiger partial charge on any atom is 0.276 e. The molecule has 27 heavy (non-hydrogen) atoms. The zero-order chi connectivity index (χ0) is 18.2. The predicted octanol–water partition coefficient (Wildman–Crippen LogP) is 4.36. The highest BCUT2D eigenvalue weighted by atomic mass is 32.2. The van der Waals surface area contributed by atoms with E-state index in [0.717, 1.165) is 45.0 Å². The number of anilines is 1. The first-order chi connectivity index (χ1) is 13.3. The van der Waals surface area contributed by atoms with Crippen molar-refractivity contribution in [3.8, 4) is 21.8 Å². The normalized spacial score (nSPS) is 12.9. The number of amides is 1. The van der Waals surface area contributed by atoms with E-state index in [-0.39, 0.29) is 5.91 Å². The zero-order valence-electron chi connectivity index (χ0n) is 14.2. The van der Waals surface area contributed by atoms with Crippen molar-refractivity contribution in [1.82, 2.24) is 19.7 Å². The lowest BCUT2D eigenvalue weighted by molar-refractivity contribution is 0.102. The topological polar surface area (TPSA) is 75.6 Å². The summed E-state index contributed by atoms with van der Waals surface area (Å²) in [6.07, 6.45) is 2.05. The number of hydrogen-bond donors (Lipinski definition) is 2. The summed E-state index contributed by atoms with van der Waals surface area (Å²) in [7, 11) is 0. The summed E-state index contributed by atoms with van der Waals surface area (Å²) < 4.78 is 2.15. The van der Waals surface area contributed by atoms with Gasteiger partial charge in [0.05, 0.1) is 22.0 Å². The van der Waals surface area contributed by atoms with E-state index in [1.54, 1.807) is 29.2 Å². The van der Waals surface area contributed by atoms with Crippen molar-refractivity contribution in [1.29, 1.82) is 0 Å². The summed E-state index contributed by atoms with van der Waals surface area (Å²) in [6, 6.07) is 13.4. The average molecular weight is 393 g/mol. The largest absolute Gasteiger partial charge is 0.325 e. The molecular weight excluding hydrogens is 378 g/mol. The van der Waals surface area contributed by atoms with Crippen LogP contribution >= 0.6 is 23.1 Å². The lowest BCUT2D eigenvalue weighted by Crippen LogP contribution is -2.13. The van der Waals surface area contributed by atoms with Crippen LogP contribution in [0.25, 0.3) is 21.8 Å². The molecule has 2 N–H and O–H groups in total. The van der Waals surface area contributed by atoms with Crippen molar-refractivity contribution < 1.29 is 4.79 Å². The number of carbonyl (C=O) groups is 1. The number of aromatic amines is 1. The van der Waals surface area contributed by atoms with E-state index < -0.39 is 0 Å². The molecule has 4 aromatic rings. The van der Waals surface area contributed by atoms with E-state index in [1.807, 2.05) is 48.0 Å². The van der Waals surface area contributed by atoms with Gasteiger partial charge in [-0.1, -0.05) is 36.0 Å². The molecule has 5 rings (SSSR count). The van der Waals surface area contributed by atoms with Gasteiger partial charge in [-0.25, -0.2) is 4.98 Å². The number of nitrogens with zero attached hydrogens (tertiary/aromatic N) is 3. The molecule has 0 aliphatic carbocycles. The number of imidazole rings is 1. The van der Waals surface area contributed by atoms with Crippen LogP contribution in [0.15, 0.2) is 59.2 Å². The fraction of sp³-hybridized carbons (Fsp3) is 0.105. The summed E-state index contributed by atoms with van der Waals surface area (Å²) in [6.45, 7) is 0.973. The fourth-order valence-electron chi connectivity index (χ4n) is 3.04. The standard InChI is InChI=1S/C19H15N5OS2/c25-18(15-10-14(22-23-15)17-6-3-8-26-17)20-13-5-2-1-4-12(13)16-11-24-7-9-27-19(24)21-16/h1-6,8,10-11H,7,9H2,(H,20,25)(H,22,23). The maximum absolute atomic E-state index is 12.7. The molecule has 134 valence electrons. The quantitative estimate of drug-likeness (QED) is 0.540. The Morgan fingerprint density at radius 1 is 1.22 bits per heavy atom. The second-order valence-corrected chi connectivity index (χ2v) is 8.10. The second kappa shape index (κ2) is 6.71. The Labute approximate surface area is 163 Å². The first kappa shape index (κ1) is 16.3. The SMILES string of the molecule is O=C(Nc1ccccc1-c1cn2c(n1)SCC2)c1cc(-c2cccs2)[nH]n1. The number of aryl methyl sites for hydroxylation is 1. The number of H-pyrrole nitrogens is 1. The number of aromatic nitrogens is 4. The van der Waals surface area contributed by atoms with E-state index >= 15 is 0 Å². The number of thioether (sulfide) groups is 1. The molecule has 0 unspecified atom stereocenters. The van der Waals surface area contributed by atoms with Crippen molar-refractivity contribution in [2.45, 2.75) is 11.7 Å². The van der Waals surface area contributed by atoms with E-state index in [4.69, 9.17) is 4.98 Å². The van der Waals surface area contributed by atoms with Gasteiger partial charge in [-0.15, -0.1) is 11.3 Å². The molecule has 0 bridgehead atoms. The van der Waals surface area contributed by atoms with Gasteiger partial charge in [0, 0.05) is 24.1 Å². The van der Waals surface area contributed by atoms with Gasteiger partial charge in [-0.2, -0.15) is 5.10 Å². The van der Waals surface area contributed by atoms with Crippen LogP contribution in [0.5, 0.6) is 0 Å². The minimum atomic E-state index is -0.248. The molecule has 0 radical (unpaired) electrons. The molecule has 0 fully saturated rings. The number of nitrogens with one attached hydrogen (secondary N) is 2. The maximum atomic E-state index is 12.7. The molecule has 1 aliphatic heterocycles. The third-order valence-corrected chi connectivity index (χ3v) is 6.23. The molecule has 0 saturated carbocycles. The summed E-state index contributed by atoms with van der Waals surface area (Å²) in [4.78, 5) is 18.4. The van der Waals surface area contributed by atoms with E-state index in [2.05, 4.69) is 20.1 Å². The van der Waals surface area contributed by atoms with E-state index in [0.29, 0.717) is 5.69 Å². The third-order valence-electron chi connectivity index (χ3n) is 4.35. The van der Waals surface area contributed by atoms with Crippen molar-refractivity contribution in [2.75, 3.05) is 11.1 Å². The average Bonchev–Trinajstić information content (AvgIpc) is 3.45. The smallest absolute Gasteiger partial charge is 0.276 e. The van der Waals surface area contributed by atoms with Gasteiger partial charge in [-0.05, 0) is 23.6 Å². The Hall–Kier alpha value is -2.84. The Morgan fingerprint density at radius 3 is 3.00 bits per heavy atom. The zero-order valence-corrected chi connectivity index (χ0v) is 15.8. The molecule has 0 spiro atoms. The van der Waals surface area contributed by atoms with Crippen molar-refractivity contribution in [2.24, 2.45) is 0 Å². The molecule has 0 atom stereocenters. The van der Waals surface area contributed by atoms with Gasteiger partial charge >= 0.3 is 0 Å². The van der Waals surface area contributed by atoms with Crippen LogP contribution in [0.3, 0.4) is 0 Å². The highest BCUT2D eigenvalue weighted by Gasteiger charge is 2.19. The van der Waals surface area contributed by atoms with Gasteiger partial charge < -0.3 is 9.88 Å². The number of thiophene rings is 1. The lowest BCUT2D eigenvalue weighted by atomic mass is 10.1. The van der Waals surface area contributed by atoms with Crippen LogP contribution in [0.4, 0.5) is 5.69 Å². The van der Waals surface area contributed by atoms with Gasteiger partial charge in [0.15, 0.2) is 10.9 Å². The van der Waals surface area contributed by atoms with Crippen LogP contribution in [-0.2, 0) is 6.54 Å². The number of fused-ring (bicyclic) bond motifs is 1. The van der Waals surface area contributed by atoms with Crippen molar-refractivity contribution in [3.63, 3.8) is 0 Å². The first-order valence-electron chi connectivity index (χ1n) is 8.48. The summed E-state index contributed by atoms with van der Waals surface area (Å²) in [5, 5.41) is 13.1. The number of carbonyl (C=O) groups excluding carboxylic acids is 1. The Bertz CT molecular complexity index is 1090. The molecule has 3 aromatic heterocycles. The summed E-state index contributed by atoms with van der Waals surface area (Å²) >= 11 is 3.35. The number of rotatable bonds is 4. The minimum absolute atomic E-state index is 0.248. The van der Waals surface area contributed by atoms with Gasteiger partial charge in [0.1, 0.15) is 0 Å². The van der Waals surface area contributed by atoms with Gasteiger partial charge in [0.25, 0.3) is 5.91 Å². The second-order valence-electron chi connectivity index (χ2n) is 6.09. The molecule has 1 aliphatic rings. The molecule has 1 amide bonds. The highest BCUT2D eigenvalue weighted by Crippen LogP contribution is 2.32. The molecular formula is C19H15N5OS2. The Balaban J connectivity index is 1.41. The fourth-order valence-corrected chi connectivity index (χ4v) is 4.67. The molecule has 8 heteroatoms. The van der Waals surface area contributed by atoms with Crippen LogP contribution in [0.2, 0.25) is 0 Å². The first-order valence-corrected chi connectivity index (χ1v) is 10.3. The number of para-hydroxylation sites is 1. The monoisotopic (exact) mass is 393 g/mol. The Kier molecular flexibility index (Phi) is 4.06. The molecule has 4 heterocycles. The third kappa shape index (κ3) is 3.07. The van der Waals surface area contributed by atoms with E-state index in [1.165, 1.54) is 0 Å². The van der Waals surface area contributed by atoms with Crippen molar-refractivity contribution >= 4 is 34.7 Å². The summed E-state index contributed by atoms with van der Waals surface area (Å²) in [5.41, 5.74) is 3.70. The van der Waals surface area contributed by atoms with Gasteiger partial charge in [-0.3, -0.25) is 9.89 Å². The van der Waals surface area contributed by atoms with Gasteiger partial charge in [0.2, 0.25) is 0 Å². The van der Waals surface area contributed by atoms with E-state index in [9.17, 15) is 4.79 Å². The number of benzene rings is 1.